The molecule has 0 radical (unpaired) electrons. The van der Waals surface area contributed by atoms with Crippen LogP contribution in [0.3, 0.4) is 0 Å². The highest BCUT2D eigenvalue weighted by molar-refractivity contribution is 5.74. The lowest BCUT2D eigenvalue weighted by atomic mass is 10.2. The van der Waals surface area contributed by atoms with Gasteiger partial charge in [-0.1, -0.05) is 17.3 Å². The van der Waals surface area contributed by atoms with E-state index in [2.05, 4.69) is 27.4 Å². The summed E-state index contributed by atoms with van der Waals surface area (Å²) in [5, 5.41) is 7.41. The number of benzene rings is 1. The fourth-order valence-electron chi connectivity index (χ4n) is 2.28. The van der Waals surface area contributed by atoms with Crippen LogP contribution >= 0.6 is 0 Å². The number of aromatic nitrogens is 3. The van der Waals surface area contributed by atoms with E-state index in [4.69, 9.17) is 4.52 Å². The number of hydrogen-bond acceptors (Lipinski definition) is 4. The Balaban J connectivity index is 1.74. The van der Waals surface area contributed by atoms with E-state index in [1.54, 1.807) is 0 Å². The van der Waals surface area contributed by atoms with Crippen molar-refractivity contribution in [1.82, 2.24) is 20.4 Å². The molecule has 0 saturated heterocycles. The fraction of sp³-hybridized carbons (Fsp3) is 0.333. The van der Waals surface area contributed by atoms with E-state index in [0.29, 0.717) is 0 Å². The van der Waals surface area contributed by atoms with Gasteiger partial charge < -0.3 is 14.8 Å². The molecule has 5 heteroatoms. The standard InChI is InChI=1S/C15H18N4O/c1-9-12(11(3)20-19-9)8-16-10(2)15-17-13-6-4-5-7-14(13)18-15/h4-7,10,16H,8H2,1-3H3,(H,17,18). The Bertz CT molecular complexity index is 676. The van der Waals surface area contributed by atoms with Crippen molar-refractivity contribution in [2.24, 2.45) is 0 Å². The highest BCUT2D eigenvalue weighted by Gasteiger charge is 2.13. The van der Waals surface area contributed by atoms with Crippen LogP contribution in [-0.2, 0) is 6.54 Å². The molecule has 1 unspecified atom stereocenters. The summed E-state index contributed by atoms with van der Waals surface area (Å²) in [4.78, 5) is 7.94. The largest absolute Gasteiger partial charge is 0.361 e. The van der Waals surface area contributed by atoms with Gasteiger partial charge in [0.15, 0.2) is 0 Å². The molecule has 0 bridgehead atoms. The number of nitrogens with zero attached hydrogens (tertiary/aromatic N) is 2. The average Bonchev–Trinajstić information content (AvgIpc) is 3.01. The molecule has 0 aliphatic rings. The van der Waals surface area contributed by atoms with E-state index in [-0.39, 0.29) is 6.04 Å². The first kappa shape index (κ1) is 12.9. The Morgan fingerprint density at radius 1 is 1.30 bits per heavy atom. The predicted octanol–water partition coefficient (Wildman–Crippen LogP) is 3.02. The molecule has 1 aromatic carbocycles. The second kappa shape index (κ2) is 5.09. The molecule has 2 N–H and O–H groups in total. The van der Waals surface area contributed by atoms with Gasteiger partial charge in [-0.15, -0.1) is 0 Å². The summed E-state index contributed by atoms with van der Waals surface area (Å²) in [5.74, 6) is 1.81. The van der Waals surface area contributed by atoms with Crippen LogP contribution in [0.4, 0.5) is 0 Å². The monoisotopic (exact) mass is 270 g/mol. The zero-order valence-electron chi connectivity index (χ0n) is 11.9. The molecule has 2 heterocycles. The van der Waals surface area contributed by atoms with Crippen molar-refractivity contribution >= 4 is 11.0 Å². The predicted molar refractivity (Wildman–Crippen MR) is 77.3 cm³/mol. The van der Waals surface area contributed by atoms with Crippen molar-refractivity contribution < 1.29 is 4.52 Å². The molecule has 0 spiro atoms. The molecule has 0 saturated carbocycles. The van der Waals surface area contributed by atoms with Gasteiger partial charge in [0.25, 0.3) is 0 Å². The van der Waals surface area contributed by atoms with Crippen molar-refractivity contribution in [1.29, 1.82) is 0 Å². The van der Waals surface area contributed by atoms with E-state index >= 15 is 0 Å². The van der Waals surface area contributed by atoms with Crippen LogP contribution in [0.15, 0.2) is 28.8 Å². The van der Waals surface area contributed by atoms with Gasteiger partial charge in [-0.25, -0.2) is 4.98 Å². The van der Waals surface area contributed by atoms with Gasteiger partial charge in [0.05, 0.1) is 22.8 Å². The summed E-state index contributed by atoms with van der Waals surface area (Å²) >= 11 is 0. The molecule has 104 valence electrons. The van der Waals surface area contributed by atoms with Gasteiger partial charge in [-0.2, -0.15) is 0 Å². The average molecular weight is 270 g/mol. The first-order valence-electron chi connectivity index (χ1n) is 6.75. The zero-order valence-corrected chi connectivity index (χ0v) is 11.9. The first-order chi connectivity index (χ1) is 9.65. The van der Waals surface area contributed by atoms with Gasteiger partial charge in [-0.3, -0.25) is 0 Å². The van der Waals surface area contributed by atoms with E-state index < -0.39 is 0 Å². The van der Waals surface area contributed by atoms with Crippen LogP contribution in [0, 0.1) is 13.8 Å². The van der Waals surface area contributed by atoms with Crippen LogP contribution in [0.5, 0.6) is 0 Å². The van der Waals surface area contributed by atoms with Crippen LogP contribution in [0.2, 0.25) is 0 Å². The zero-order chi connectivity index (χ0) is 14.1. The van der Waals surface area contributed by atoms with Crippen LogP contribution in [0.1, 0.15) is 35.8 Å². The van der Waals surface area contributed by atoms with Gasteiger partial charge in [0.2, 0.25) is 0 Å². The number of para-hydroxylation sites is 2. The van der Waals surface area contributed by atoms with E-state index in [1.807, 2.05) is 38.1 Å². The van der Waals surface area contributed by atoms with Gasteiger partial charge >= 0.3 is 0 Å². The number of aryl methyl sites for hydroxylation is 2. The summed E-state index contributed by atoms with van der Waals surface area (Å²) in [7, 11) is 0. The maximum Gasteiger partial charge on any atom is 0.138 e. The Morgan fingerprint density at radius 3 is 2.80 bits per heavy atom. The quantitative estimate of drug-likeness (QED) is 0.764. The molecular formula is C15H18N4O. The molecule has 3 aromatic rings. The molecule has 5 nitrogen and oxygen atoms in total. The Kier molecular flexibility index (Phi) is 3.28. The molecular weight excluding hydrogens is 252 g/mol. The number of imidazole rings is 1. The second-order valence-electron chi connectivity index (χ2n) is 5.04. The molecule has 2 aromatic heterocycles. The molecule has 0 aliphatic heterocycles. The summed E-state index contributed by atoms with van der Waals surface area (Å²) in [6.45, 7) is 6.71. The van der Waals surface area contributed by atoms with E-state index in [1.165, 1.54) is 0 Å². The smallest absolute Gasteiger partial charge is 0.138 e. The molecule has 20 heavy (non-hydrogen) atoms. The molecule has 0 fully saturated rings. The summed E-state index contributed by atoms with van der Waals surface area (Å²) < 4.78 is 5.17. The Morgan fingerprint density at radius 2 is 2.10 bits per heavy atom. The van der Waals surface area contributed by atoms with Gasteiger partial charge in [0.1, 0.15) is 11.6 Å². The lowest BCUT2D eigenvalue weighted by Crippen LogP contribution is -2.19. The Labute approximate surface area is 117 Å². The molecule has 3 rings (SSSR count). The highest BCUT2D eigenvalue weighted by atomic mass is 16.5. The summed E-state index contributed by atoms with van der Waals surface area (Å²) in [6, 6.07) is 8.18. The summed E-state index contributed by atoms with van der Waals surface area (Å²) in [5.41, 5.74) is 4.11. The van der Waals surface area contributed by atoms with Crippen molar-refractivity contribution in [3.63, 3.8) is 0 Å². The minimum atomic E-state index is 0.135. The number of H-pyrrole nitrogens is 1. The number of rotatable bonds is 4. The van der Waals surface area contributed by atoms with Crippen molar-refractivity contribution in [3.8, 4) is 0 Å². The normalized spacial score (nSPS) is 12.9. The minimum Gasteiger partial charge on any atom is -0.361 e. The topological polar surface area (TPSA) is 66.7 Å². The van der Waals surface area contributed by atoms with Gasteiger partial charge in [-0.05, 0) is 32.9 Å². The third kappa shape index (κ3) is 2.32. The third-order valence-corrected chi connectivity index (χ3v) is 3.58. The summed E-state index contributed by atoms with van der Waals surface area (Å²) in [6.07, 6.45) is 0. The number of nitrogens with one attached hydrogen (secondary N) is 2. The first-order valence-corrected chi connectivity index (χ1v) is 6.75. The molecule has 0 amide bonds. The van der Waals surface area contributed by atoms with Crippen molar-refractivity contribution in [3.05, 3.63) is 47.1 Å². The molecule has 0 aliphatic carbocycles. The maximum atomic E-state index is 5.17. The highest BCUT2D eigenvalue weighted by Crippen LogP contribution is 2.17. The SMILES string of the molecule is Cc1noc(C)c1CNC(C)c1nc2ccccc2[nH]1. The Hall–Kier alpha value is -2.14. The van der Waals surface area contributed by atoms with E-state index in [9.17, 15) is 0 Å². The van der Waals surface area contributed by atoms with Crippen LogP contribution in [0.25, 0.3) is 11.0 Å². The number of aromatic amines is 1. The van der Waals surface area contributed by atoms with Crippen LogP contribution < -0.4 is 5.32 Å². The fourth-order valence-corrected chi connectivity index (χ4v) is 2.28. The number of fused-ring (bicyclic) bond motifs is 1. The second-order valence-corrected chi connectivity index (χ2v) is 5.04. The number of hydrogen-bond donors (Lipinski definition) is 2. The third-order valence-electron chi connectivity index (χ3n) is 3.58. The van der Waals surface area contributed by atoms with Crippen molar-refractivity contribution in [2.45, 2.75) is 33.4 Å². The lowest BCUT2D eigenvalue weighted by Gasteiger charge is -2.10. The molecule has 1 atom stereocenters. The van der Waals surface area contributed by atoms with E-state index in [0.717, 1.165) is 40.4 Å². The lowest BCUT2D eigenvalue weighted by molar-refractivity contribution is 0.391. The van der Waals surface area contributed by atoms with Crippen LogP contribution in [-0.4, -0.2) is 15.1 Å². The van der Waals surface area contributed by atoms with Gasteiger partial charge in [0, 0.05) is 12.1 Å². The maximum absolute atomic E-state index is 5.17. The minimum absolute atomic E-state index is 0.135. The van der Waals surface area contributed by atoms with Crippen molar-refractivity contribution in [2.75, 3.05) is 0 Å².